The van der Waals surface area contributed by atoms with Gasteiger partial charge < -0.3 is 0 Å². The van der Waals surface area contributed by atoms with E-state index in [1.807, 2.05) is 55.5 Å². The molecule has 0 aliphatic heterocycles. The number of aromatic nitrogens is 1. The van der Waals surface area contributed by atoms with Crippen LogP contribution in [0.25, 0.3) is 10.9 Å². The number of benzene rings is 3. The number of para-hydroxylation sites is 1. The fourth-order valence-corrected chi connectivity index (χ4v) is 6.61. The Bertz CT molecular complexity index is 1350. The highest BCUT2D eigenvalue weighted by molar-refractivity contribution is 7.90. The third-order valence-electron chi connectivity index (χ3n) is 6.36. The molecule has 0 bridgehead atoms. The Morgan fingerprint density at radius 3 is 2.20 bits per heavy atom. The molecule has 0 fully saturated rings. The minimum Gasteiger partial charge on any atom is -0.237 e. The average molecular weight is 416 g/mol. The molecular weight excluding hydrogens is 390 g/mol. The highest BCUT2D eigenvalue weighted by Gasteiger charge is 2.45. The van der Waals surface area contributed by atoms with Crippen molar-refractivity contribution >= 4 is 20.9 Å². The zero-order chi connectivity index (χ0) is 21.1. The van der Waals surface area contributed by atoms with Gasteiger partial charge in [-0.25, -0.2) is 12.4 Å². The van der Waals surface area contributed by atoms with Crippen molar-refractivity contribution in [2.45, 2.75) is 38.0 Å². The van der Waals surface area contributed by atoms with Crippen molar-refractivity contribution in [1.29, 1.82) is 0 Å². The van der Waals surface area contributed by atoms with Crippen LogP contribution in [0.5, 0.6) is 0 Å². The maximum absolute atomic E-state index is 13.9. The molecule has 0 N–H and O–H groups in total. The molecule has 5 rings (SSSR count). The normalized spacial score (nSPS) is 17.9. The fourth-order valence-electron chi connectivity index (χ4n) is 5.03. The molecule has 0 amide bonds. The zero-order valence-electron chi connectivity index (χ0n) is 17.5. The summed E-state index contributed by atoms with van der Waals surface area (Å²) in [6.07, 6.45) is 0.846. The van der Waals surface area contributed by atoms with Gasteiger partial charge in [0.2, 0.25) is 0 Å². The van der Waals surface area contributed by atoms with Gasteiger partial charge in [0.15, 0.2) is 0 Å². The molecule has 1 aliphatic rings. The average Bonchev–Trinajstić information content (AvgIpc) is 3.17. The van der Waals surface area contributed by atoms with E-state index < -0.39 is 10.0 Å². The number of nitrogens with zero attached hydrogens (tertiary/aromatic N) is 1. The van der Waals surface area contributed by atoms with Crippen LogP contribution in [0.2, 0.25) is 0 Å². The van der Waals surface area contributed by atoms with Gasteiger partial charge in [-0.2, -0.15) is 0 Å². The van der Waals surface area contributed by atoms with Crippen LogP contribution in [0.15, 0.2) is 83.8 Å². The van der Waals surface area contributed by atoms with E-state index in [2.05, 4.69) is 32.0 Å². The summed E-state index contributed by atoms with van der Waals surface area (Å²) in [5.74, 6) is 0.00123. The lowest BCUT2D eigenvalue weighted by Gasteiger charge is -2.29. The summed E-state index contributed by atoms with van der Waals surface area (Å²) in [5.41, 5.74) is 4.94. The molecule has 1 atom stereocenters. The second kappa shape index (κ2) is 6.58. The molecule has 0 saturated carbocycles. The molecule has 1 aromatic heterocycles. The Morgan fingerprint density at radius 1 is 0.867 bits per heavy atom. The molecule has 152 valence electrons. The summed E-state index contributed by atoms with van der Waals surface area (Å²) in [7, 11) is -3.74. The Balaban J connectivity index is 1.86. The maximum Gasteiger partial charge on any atom is 0.268 e. The molecule has 0 saturated heterocycles. The first kappa shape index (κ1) is 19.1. The third-order valence-corrected chi connectivity index (χ3v) is 8.10. The Morgan fingerprint density at radius 2 is 1.50 bits per heavy atom. The molecule has 3 nitrogen and oxygen atoms in total. The Hall–Kier alpha value is -2.85. The smallest absolute Gasteiger partial charge is 0.237 e. The Labute approximate surface area is 178 Å². The van der Waals surface area contributed by atoms with Crippen LogP contribution in [-0.2, 0) is 16.4 Å². The monoisotopic (exact) mass is 415 g/mol. The summed E-state index contributed by atoms with van der Waals surface area (Å²) in [6.45, 7) is 6.44. The molecule has 1 aliphatic carbocycles. The lowest BCUT2D eigenvalue weighted by atomic mass is 9.76. The van der Waals surface area contributed by atoms with E-state index in [0.29, 0.717) is 4.90 Å². The maximum atomic E-state index is 13.9. The minimum absolute atomic E-state index is 0.00123. The van der Waals surface area contributed by atoms with E-state index in [9.17, 15) is 8.42 Å². The molecule has 30 heavy (non-hydrogen) atoms. The van der Waals surface area contributed by atoms with Gasteiger partial charge in [-0.05, 0) is 48.1 Å². The number of hydrogen-bond donors (Lipinski definition) is 0. The van der Waals surface area contributed by atoms with E-state index in [1.165, 1.54) is 0 Å². The van der Waals surface area contributed by atoms with Crippen LogP contribution in [0.4, 0.5) is 0 Å². The lowest BCUT2D eigenvalue weighted by molar-refractivity contribution is 0.343. The van der Waals surface area contributed by atoms with Crippen LogP contribution >= 0.6 is 0 Å². The summed E-state index contributed by atoms with van der Waals surface area (Å²) in [6, 6.07) is 25.3. The van der Waals surface area contributed by atoms with Crippen molar-refractivity contribution in [3.8, 4) is 0 Å². The zero-order valence-corrected chi connectivity index (χ0v) is 18.3. The lowest BCUT2D eigenvalue weighted by Crippen LogP contribution is -2.24. The number of hydrogen-bond acceptors (Lipinski definition) is 2. The molecule has 0 spiro atoms. The minimum atomic E-state index is -3.74. The van der Waals surface area contributed by atoms with Crippen LogP contribution < -0.4 is 0 Å². The first-order valence-corrected chi connectivity index (χ1v) is 11.7. The van der Waals surface area contributed by atoms with Gasteiger partial charge >= 0.3 is 0 Å². The highest BCUT2D eigenvalue weighted by atomic mass is 32.2. The van der Waals surface area contributed by atoms with Gasteiger partial charge in [-0.15, -0.1) is 0 Å². The van der Waals surface area contributed by atoms with Crippen molar-refractivity contribution in [3.63, 3.8) is 0 Å². The predicted molar refractivity (Wildman–Crippen MR) is 121 cm³/mol. The van der Waals surface area contributed by atoms with Crippen molar-refractivity contribution in [1.82, 2.24) is 3.97 Å². The van der Waals surface area contributed by atoms with Gasteiger partial charge in [0.25, 0.3) is 10.0 Å². The van der Waals surface area contributed by atoms with E-state index in [4.69, 9.17) is 0 Å². The quantitative estimate of drug-likeness (QED) is 0.418. The molecular formula is C26H25NO2S. The Kier molecular flexibility index (Phi) is 4.19. The molecule has 4 aromatic rings. The largest absolute Gasteiger partial charge is 0.268 e. The van der Waals surface area contributed by atoms with Crippen LogP contribution in [0.3, 0.4) is 0 Å². The van der Waals surface area contributed by atoms with Crippen LogP contribution in [-0.4, -0.2) is 12.4 Å². The second-order valence-electron chi connectivity index (χ2n) is 8.97. The molecule has 0 radical (unpaired) electrons. The van der Waals surface area contributed by atoms with E-state index in [-0.39, 0.29) is 11.3 Å². The fraction of sp³-hybridized carbons (Fsp3) is 0.231. The van der Waals surface area contributed by atoms with Crippen molar-refractivity contribution in [3.05, 3.63) is 101 Å². The van der Waals surface area contributed by atoms with Crippen molar-refractivity contribution < 1.29 is 8.42 Å². The molecule has 0 unspecified atom stereocenters. The second-order valence-corrected chi connectivity index (χ2v) is 10.8. The van der Waals surface area contributed by atoms with Crippen LogP contribution in [0, 0.1) is 12.3 Å². The van der Waals surface area contributed by atoms with Crippen molar-refractivity contribution in [2.24, 2.45) is 5.41 Å². The standard InChI is InChI=1S/C26H25NO2S/c1-18-13-15-20(16-14-18)30(28,29)27-23-12-8-7-11-21(23)22-17-26(2,3)24(25(22)27)19-9-5-4-6-10-19/h4-16,24H,17H2,1-3H3/t24-/m1/s1. The predicted octanol–water partition coefficient (Wildman–Crippen LogP) is 5.90. The van der Waals surface area contributed by atoms with Gasteiger partial charge in [0, 0.05) is 17.0 Å². The van der Waals surface area contributed by atoms with E-state index >= 15 is 0 Å². The van der Waals surface area contributed by atoms with Gasteiger partial charge in [-0.1, -0.05) is 80.1 Å². The van der Waals surface area contributed by atoms with Gasteiger partial charge in [-0.3, -0.25) is 0 Å². The van der Waals surface area contributed by atoms with E-state index in [0.717, 1.165) is 39.7 Å². The number of rotatable bonds is 3. The summed E-state index contributed by atoms with van der Waals surface area (Å²) in [5, 5.41) is 1.04. The first-order chi connectivity index (χ1) is 14.3. The number of aryl methyl sites for hydroxylation is 1. The summed E-state index contributed by atoms with van der Waals surface area (Å²) < 4.78 is 29.5. The molecule has 3 aromatic carbocycles. The van der Waals surface area contributed by atoms with Crippen molar-refractivity contribution in [2.75, 3.05) is 0 Å². The third kappa shape index (κ3) is 2.74. The molecule has 1 heterocycles. The number of fused-ring (bicyclic) bond motifs is 3. The summed E-state index contributed by atoms with van der Waals surface area (Å²) >= 11 is 0. The molecule has 4 heteroatoms. The van der Waals surface area contributed by atoms with Gasteiger partial charge in [0.05, 0.1) is 10.4 Å². The first-order valence-electron chi connectivity index (χ1n) is 10.3. The van der Waals surface area contributed by atoms with Crippen LogP contribution in [0.1, 0.15) is 42.1 Å². The van der Waals surface area contributed by atoms with Gasteiger partial charge in [0.1, 0.15) is 0 Å². The van der Waals surface area contributed by atoms with E-state index in [1.54, 1.807) is 16.1 Å². The topological polar surface area (TPSA) is 39.1 Å². The SMILES string of the molecule is Cc1ccc(S(=O)(=O)n2c3c(c4ccccc42)CC(C)(C)[C@@H]3c2ccccc2)cc1. The highest BCUT2D eigenvalue weighted by Crippen LogP contribution is 2.54. The summed E-state index contributed by atoms with van der Waals surface area (Å²) in [4.78, 5) is 0.327.